The van der Waals surface area contributed by atoms with Gasteiger partial charge in [-0.05, 0) is 39.4 Å². The van der Waals surface area contributed by atoms with Crippen LogP contribution in [0.2, 0.25) is 0 Å². The van der Waals surface area contributed by atoms with Crippen LogP contribution in [0.5, 0.6) is 0 Å². The van der Waals surface area contributed by atoms with Gasteiger partial charge in [0.2, 0.25) is 0 Å². The minimum absolute atomic E-state index is 0.0935. The zero-order valence-electron chi connectivity index (χ0n) is 10.5. The molecule has 1 rings (SSSR count). The first-order valence-corrected chi connectivity index (χ1v) is 5.81. The van der Waals surface area contributed by atoms with E-state index in [1.165, 1.54) is 18.2 Å². The summed E-state index contributed by atoms with van der Waals surface area (Å²) in [4.78, 5) is 0. The number of ether oxygens (including phenoxy) is 1. The zero-order valence-corrected chi connectivity index (χ0v) is 10.5. The van der Waals surface area contributed by atoms with Crippen molar-refractivity contribution in [3.63, 3.8) is 0 Å². The van der Waals surface area contributed by atoms with E-state index in [1.807, 2.05) is 13.8 Å². The van der Waals surface area contributed by atoms with Crippen molar-refractivity contribution in [2.24, 2.45) is 0 Å². The van der Waals surface area contributed by atoms with E-state index in [-0.39, 0.29) is 24.1 Å². The first-order valence-electron chi connectivity index (χ1n) is 5.81. The van der Waals surface area contributed by atoms with Crippen molar-refractivity contribution < 1.29 is 13.5 Å². The molecule has 4 heteroatoms. The molecular formula is C13H19F2NO. The Morgan fingerprint density at radius 1 is 1.29 bits per heavy atom. The molecule has 1 aromatic rings. The standard InChI is InChI=1S/C13H19F2NO/c1-4-17-9(2)13(16-3)8-10-11(14)6-5-7-12(10)15/h5-7,9,13,16H,4,8H2,1-3H3. The molecule has 96 valence electrons. The lowest BCUT2D eigenvalue weighted by Crippen LogP contribution is -2.39. The van der Waals surface area contributed by atoms with E-state index in [0.717, 1.165) is 0 Å². The molecule has 0 bridgehead atoms. The summed E-state index contributed by atoms with van der Waals surface area (Å²) in [6.07, 6.45) is 0.180. The third kappa shape index (κ3) is 3.75. The maximum atomic E-state index is 13.5. The Labute approximate surface area is 101 Å². The number of halogens is 2. The van der Waals surface area contributed by atoms with Gasteiger partial charge in [-0.15, -0.1) is 0 Å². The predicted octanol–water partition coefficient (Wildman–Crippen LogP) is 2.52. The highest BCUT2D eigenvalue weighted by atomic mass is 19.1. The lowest BCUT2D eigenvalue weighted by Gasteiger charge is -2.23. The number of likely N-dealkylation sites (N-methyl/N-ethyl adjacent to an activating group) is 1. The van der Waals surface area contributed by atoms with Gasteiger partial charge < -0.3 is 10.1 Å². The molecule has 0 aliphatic carbocycles. The molecule has 2 unspecified atom stereocenters. The van der Waals surface area contributed by atoms with Crippen LogP contribution in [0.3, 0.4) is 0 Å². The van der Waals surface area contributed by atoms with E-state index in [2.05, 4.69) is 5.32 Å². The van der Waals surface area contributed by atoms with Gasteiger partial charge in [0.25, 0.3) is 0 Å². The van der Waals surface area contributed by atoms with E-state index < -0.39 is 11.6 Å². The molecule has 0 aliphatic rings. The van der Waals surface area contributed by atoms with E-state index in [9.17, 15) is 8.78 Å². The molecule has 1 N–H and O–H groups in total. The molecule has 0 aliphatic heterocycles. The fraction of sp³-hybridized carbons (Fsp3) is 0.538. The van der Waals surface area contributed by atoms with Crippen LogP contribution in [0.4, 0.5) is 8.78 Å². The Hall–Kier alpha value is -1.00. The molecular weight excluding hydrogens is 224 g/mol. The molecule has 0 radical (unpaired) electrons. The summed E-state index contributed by atoms with van der Waals surface area (Å²) in [5.41, 5.74) is 0.110. The summed E-state index contributed by atoms with van der Waals surface area (Å²) in [6, 6.07) is 3.81. The third-order valence-corrected chi connectivity index (χ3v) is 2.85. The summed E-state index contributed by atoms with van der Waals surface area (Å²) in [5.74, 6) is -1.01. The number of rotatable bonds is 6. The van der Waals surface area contributed by atoms with Crippen LogP contribution >= 0.6 is 0 Å². The van der Waals surface area contributed by atoms with Crippen molar-refractivity contribution in [3.05, 3.63) is 35.4 Å². The second kappa shape index (κ2) is 6.67. The minimum Gasteiger partial charge on any atom is -0.377 e. The highest BCUT2D eigenvalue weighted by Gasteiger charge is 2.19. The van der Waals surface area contributed by atoms with Crippen LogP contribution in [-0.2, 0) is 11.2 Å². The van der Waals surface area contributed by atoms with Gasteiger partial charge in [0.05, 0.1) is 6.10 Å². The number of nitrogens with one attached hydrogen (secondary N) is 1. The minimum atomic E-state index is -0.506. The van der Waals surface area contributed by atoms with Crippen molar-refractivity contribution >= 4 is 0 Å². The average molecular weight is 243 g/mol. The van der Waals surface area contributed by atoms with E-state index >= 15 is 0 Å². The van der Waals surface area contributed by atoms with Gasteiger partial charge in [0.1, 0.15) is 11.6 Å². The monoisotopic (exact) mass is 243 g/mol. The molecule has 0 saturated carbocycles. The molecule has 17 heavy (non-hydrogen) atoms. The zero-order chi connectivity index (χ0) is 12.8. The first kappa shape index (κ1) is 14.1. The van der Waals surface area contributed by atoms with Crippen molar-refractivity contribution in [1.82, 2.24) is 5.32 Å². The maximum absolute atomic E-state index is 13.5. The third-order valence-electron chi connectivity index (χ3n) is 2.85. The summed E-state index contributed by atoms with van der Waals surface area (Å²) < 4.78 is 32.4. The van der Waals surface area contributed by atoms with Crippen LogP contribution in [-0.4, -0.2) is 25.8 Å². The predicted molar refractivity (Wildman–Crippen MR) is 64.0 cm³/mol. The largest absolute Gasteiger partial charge is 0.377 e. The maximum Gasteiger partial charge on any atom is 0.129 e. The van der Waals surface area contributed by atoms with Crippen LogP contribution in [0.1, 0.15) is 19.4 Å². The molecule has 1 aromatic carbocycles. The Morgan fingerprint density at radius 2 is 1.88 bits per heavy atom. The molecule has 2 atom stereocenters. The van der Waals surface area contributed by atoms with Crippen LogP contribution < -0.4 is 5.32 Å². The highest BCUT2D eigenvalue weighted by Crippen LogP contribution is 2.16. The lowest BCUT2D eigenvalue weighted by atomic mass is 10.0. The summed E-state index contributed by atoms with van der Waals surface area (Å²) >= 11 is 0. The normalized spacial score (nSPS) is 14.6. The Bertz CT molecular complexity index is 337. The summed E-state index contributed by atoms with van der Waals surface area (Å²) in [7, 11) is 1.76. The van der Waals surface area contributed by atoms with Crippen molar-refractivity contribution in [1.29, 1.82) is 0 Å². The summed E-state index contributed by atoms with van der Waals surface area (Å²) in [5, 5.41) is 3.03. The number of hydrogen-bond donors (Lipinski definition) is 1. The van der Waals surface area contributed by atoms with Gasteiger partial charge in [0.15, 0.2) is 0 Å². The number of benzene rings is 1. The first-order chi connectivity index (χ1) is 8.10. The van der Waals surface area contributed by atoms with Crippen molar-refractivity contribution in [2.45, 2.75) is 32.4 Å². The van der Waals surface area contributed by atoms with E-state index in [4.69, 9.17) is 4.74 Å². The average Bonchev–Trinajstić information content (AvgIpc) is 2.29. The van der Waals surface area contributed by atoms with Gasteiger partial charge in [0, 0.05) is 18.2 Å². The smallest absolute Gasteiger partial charge is 0.129 e. The van der Waals surface area contributed by atoms with Gasteiger partial charge in [-0.25, -0.2) is 8.78 Å². The SMILES string of the molecule is CCOC(C)C(Cc1c(F)cccc1F)NC. The second-order valence-electron chi connectivity index (χ2n) is 3.96. The van der Waals surface area contributed by atoms with Gasteiger partial charge >= 0.3 is 0 Å². The number of hydrogen-bond acceptors (Lipinski definition) is 2. The molecule has 0 aromatic heterocycles. The van der Waals surface area contributed by atoms with Gasteiger partial charge in [-0.1, -0.05) is 6.07 Å². The second-order valence-corrected chi connectivity index (χ2v) is 3.96. The summed E-state index contributed by atoms with van der Waals surface area (Å²) in [6.45, 7) is 4.37. The highest BCUT2D eigenvalue weighted by molar-refractivity contribution is 5.21. The lowest BCUT2D eigenvalue weighted by molar-refractivity contribution is 0.0492. The van der Waals surface area contributed by atoms with E-state index in [1.54, 1.807) is 7.05 Å². The molecule has 0 fully saturated rings. The quantitative estimate of drug-likeness (QED) is 0.829. The Kier molecular flexibility index (Phi) is 5.51. The molecule has 0 saturated heterocycles. The van der Waals surface area contributed by atoms with Crippen LogP contribution in [0, 0.1) is 11.6 Å². The van der Waals surface area contributed by atoms with Crippen molar-refractivity contribution in [2.75, 3.05) is 13.7 Å². The van der Waals surface area contributed by atoms with Gasteiger partial charge in [-0.3, -0.25) is 0 Å². The molecule has 0 spiro atoms. The Balaban J connectivity index is 2.80. The Morgan fingerprint density at radius 3 is 2.35 bits per heavy atom. The fourth-order valence-electron chi connectivity index (χ4n) is 1.83. The van der Waals surface area contributed by atoms with Crippen LogP contribution in [0.25, 0.3) is 0 Å². The molecule has 0 heterocycles. The van der Waals surface area contributed by atoms with E-state index in [0.29, 0.717) is 6.61 Å². The van der Waals surface area contributed by atoms with Crippen LogP contribution in [0.15, 0.2) is 18.2 Å². The van der Waals surface area contributed by atoms with Crippen molar-refractivity contribution in [3.8, 4) is 0 Å². The molecule has 0 amide bonds. The topological polar surface area (TPSA) is 21.3 Å². The fourth-order valence-corrected chi connectivity index (χ4v) is 1.83. The van der Waals surface area contributed by atoms with Gasteiger partial charge in [-0.2, -0.15) is 0 Å². The molecule has 2 nitrogen and oxygen atoms in total.